The zero-order valence-corrected chi connectivity index (χ0v) is 15.0. The molecule has 0 amide bonds. The first-order chi connectivity index (χ1) is 13.7. The van der Waals surface area contributed by atoms with Gasteiger partial charge >= 0.3 is 0 Å². The van der Waals surface area contributed by atoms with E-state index >= 15 is 0 Å². The summed E-state index contributed by atoms with van der Waals surface area (Å²) in [5.41, 5.74) is 2.45. The molecule has 1 N–H and O–H groups in total. The van der Waals surface area contributed by atoms with Crippen LogP contribution in [-0.4, -0.2) is 31.8 Å². The average molecular weight is 369 g/mol. The number of hydrogen-bond donors (Lipinski definition) is 1. The summed E-state index contributed by atoms with van der Waals surface area (Å²) in [6.07, 6.45) is 1.52. The van der Waals surface area contributed by atoms with Gasteiger partial charge in [0, 0.05) is 5.39 Å². The zero-order chi connectivity index (χ0) is 19.1. The average Bonchev–Trinajstić information content (AvgIpc) is 3.18. The van der Waals surface area contributed by atoms with Gasteiger partial charge in [-0.15, -0.1) is 0 Å². The number of nitrogens with one attached hydrogen (secondary N) is 1. The van der Waals surface area contributed by atoms with E-state index < -0.39 is 0 Å². The molecule has 0 fully saturated rings. The van der Waals surface area contributed by atoms with Crippen molar-refractivity contribution in [1.82, 2.24) is 24.7 Å². The van der Waals surface area contributed by atoms with Crippen LogP contribution >= 0.6 is 0 Å². The molecule has 7 heteroatoms. The maximum absolute atomic E-state index is 12.7. The Kier molecular flexibility index (Phi) is 3.65. The topological polar surface area (TPSA) is 85.7 Å². The van der Waals surface area contributed by atoms with Crippen molar-refractivity contribution in [3.63, 3.8) is 0 Å². The Bertz CT molecular complexity index is 1370. The number of H-pyrrole nitrogens is 1. The molecule has 0 aliphatic carbocycles. The van der Waals surface area contributed by atoms with Crippen molar-refractivity contribution in [2.45, 2.75) is 0 Å². The number of aromatic nitrogens is 5. The second kappa shape index (κ2) is 6.31. The van der Waals surface area contributed by atoms with Crippen molar-refractivity contribution in [3.8, 4) is 23.0 Å². The second-order valence-electron chi connectivity index (χ2n) is 6.28. The van der Waals surface area contributed by atoms with Gasteiger partial charge in [0.2, 0.25) is 5.88 Å². The summed E-state index contributed by atoms with van der Waals surface area (Å²) in [4.78, 5) is 24.7. The largest absolute Gasteiger partial charge is 0.480 e. The predicted octanol–water partition coefficient (Wildman–Crippen LogP) is 3.33. The van der Waals surface area contributed by atoms with Crippen LogP contribution in [0.4, 0.5) is 0 Å². The number of para-hydroxylation sites is 2. The molecule has 28 heavy (non-hydrogen) atoms. The highest BCUT2D eigenvalue weighted by Gasteiger charge is 2.16. The molecule has 0 unspecified atom stereocenters. The maximum atomic E-state index is 12.7. The van der Waals surface area contributed by atoms with Gasteiger partial charge in [0.15, 0.2) is 5.65 Å². The molecule has 5 rings (SSSR count). The molecule has 3 aromatic heterocycles. The van der Waals surface area contributed by atoms with Crippen LogP contribution in [0.25, 0.3) is 39.0 Å². The maximum Gasteiger partial charge on any atom is 0.262 e. The number of methoxy groups -OCH3 is 1. The standard InChI is InChI=1S/C21H15N5O2/c1-28-21-15(11-13-7-5-6-10-17(13)23-21)18-24-19-16(20(27)25-18)12-22-26(19)14-8-3-2-4-9-14/h2-12H,1H3,(H,24,25,27). The third-order valence-corrected chi connectivity index (χ3v) is 4.58. The van der Waals surface area contributed by atoms with Gasteiger partial charge in [0.05, 0.1) is 30.1 Å². The van der Waals surface area contributed by atoms with Gasteiger partial charge in [-0.3, -0.25) is 4.79 Å². The fourth-order valence-electron chi connectivity index (χ4n) is 3.23. The molecule has 0 aliphatic rings. The van der Waals surface area contributed by atoms with E-state index in [9.17, 15) is 4.79 Å². The molecule has 0 radical (unpaired) electrons. The van der Waals surface area contributed by atoms with Crippen LogP contribution in [0.2, 0.25) is 0 Å². The summed E-state index contributed by atoms with van der Waals surface area (Å²) in [5.74, 6) is 0.775. The number of aromatic amines is 1. The van der Waals surface area contributed by atoms with Crippen molar-refractivity contribution in [3.05, 3.63) is 77.2 Å². The normalized spacial score (nSPS) is 11.2. The van der Waals surface area contributed by atoms with Gasteiger partial charge in [-0.1, -0.05) is 36.4 Å². The van der Waals surface area contributed by atoms with E-state index in [4.69, 9.17) is 4.74 Å². The highest BCUT2D eigenvalue weighted by molar-refractivity contribution is 5.86. The SMILES string of the molecule is COc1nc2ccccc2cc1-c1nc2c(cnn2-c2ccccc2)c(=O)[nH]1. The van der Waals surface area contributed by atoms with Crippen LogP contribution in [0, 0.1) is 0 Å². The molecule has 3 heterocycles. The first-order valence-electron chi connectivity index (χ1n) is 8.72. The molecule has 0 bridgehead atoms. The van der Waals surface area contributed by atoms with Crippen LogP contribution in [0.1, 0.15) is 0 Å². The first kappa shape index (κ1) is 16.2. The lowest BCUT2D eigenvalue weighted by Gasteiger charge is -2.09. The Morgan fingerprint density at radius 1 is 1.00 bits per heavy atom. The van der Waals surface area contributed by atoms with Gasteiger partial charge in [0.25, 0.3) is 5.56 Å². The van der Waals surface area contributed by atoms with E-state index in [0.717, 1.165) is 16.6 Å². The number of hydrogen-bond acceptors (Lipinski definition) is 5. The molecule has 7 nitrogen and oxygen atoms in total. The number of fused-ring (bicyclic) bond motifs is 2. The fourth-order valence-corrected chi connectivity index (χ4v) is 3.23. The van der Waals surface area contributed by atoms with Crippen molar-refractivity contribution >= 4 is 21.9 Å². The Morgan fingerprint density at radius 3 is 2.61 bits per heavy atom. The van der Waals surface area contributed by atoms with Crippen LogP contribution in [-0.2, 0) is 0 Å². The van der Waals surface area contributed by atoms with Gasteiger partial charge in [-0.25, -0.2) is 14.6 Å². The lowest BCUT2D eigenvalue weighted by molar-refractivity contribution is 0.401. The van der Waals surface area contributed by atoms with Crippen LogP contribution < -0.4 is 10.3 Å². The smallest absolute Gasteiger partial charge is 0.262 e. The lowest BCUT2D eigenvalue weighted by Crippen LogP contribution is -2.10. The van der Waals surface area contributed by atoms with Crippen LogP contribution in [0.5, 0.6) is 5.88 Å². The van der Waals surface area contributed by atoms with Crippen LogP contribution in [0.15, 0.2) is 71.7 Å². The highest BCUT2D eigenvalue weighted by atomic mass is 16.5. The first-order valence-corrected chi connectivity index (χ1v) is 8.72. The van der Waals surface area contributed by atoms with Crippen molar-refractivity contribution < 1.29 is 4.74 Å². The zero-order valence-electron chi connectivity index (χ0n) is 15.0. The van der Waals surface area contributed by atoms with E-state index in [1.807, 2.05) is 60.7 Å². The van der Waals surface area contributed by atoms with E-state index in [1.165, 1.54) is 6.20 Å². The monoisotopic (exact) mass is 369 g/mol. The highest BCUT2D eigenvalue weighted by Crippen LogP contribution is 2.29. The molecule has 0 spiro atoms. The van der Waals surface area contributed by atoms with Gasteiger partial charge in [-0.05, 0) is 24.3 Å². The molecule has 136 valence electrons. The molecule has 5 aromatic rings. The van der Waals surface area contributed by atoms with Gasteiger partial charge in [-0.2, -0.15) is 5.10 Å². The summed E-state index contributed by atoms with van der Waals surface area (Å²) in [6, 6.07) is 19.2. The Labute approximate surface area is 159 Å². The Hall–Kier alpha value is -4.00. The third-order valence-electron chi connectivity index (χ3n) is 4.58. The molecule has 0 saturated carbocycles. The minimum atomic E-state index is -0.266. The van der Waals surface area contributed by atoms with Gasteiger partial charge < -0.3 is 9.72 Å². The van der Waals surface area contributed by atoms with Crippen LogP contribution in [0.3, 0.4) is 0 Å². The quantitative estimate of drug-likeness (QED) is 0.527. The molecular weight excluding hydrogens is 354 g/mol. The summed E-state index contributed by atoms with van der Waals surface area (Å²) >= 11 is 0. The molecule has 0 atom stereocenters. The van der Waals surface area contributed by atoms with E-state index in [1.54, 1.807) is 11.8 Å². The molecule has 2 aromatic carbocycles. The Morgan fingerprint density at radius 2 is 1.79 bits per heavy atom. The molecular formula is C21H15N5O2. The van der Waals surface area contributed by atoms with E-state index in [-0.39, 0.29) is 5.56 Å². The van der Waals surface area contributed by atoms with E-state index in [0.29, 0.717) is 28.3 Å². The van der Waals surface area contributed by atoms with Crippen molar-refractivity contribution in [2.24, 2.45) is 0 Å². The summed E-state index contributed by atoms with van der Waals surface area (Å²) < 4.78 is 7.11. The summed E-state index contributed by atoms with van der Waals surface area (Å²) in [7, 11) is 1.55. The number of pyridine rings is 1. The summed E-state index contributed by atoms with van der Waals surface area (Å²) in [6.45, 7) is 0. The minimum absolute atomic E-state index is 0.266. The number of ether oxygens (including phenoxy) is 1. The number of benzene rings is 2. The fraction of sp³-hybridized carbons (Fsp3) is 0.0476. The minimum Gasteiger partial charge on any atom is -0.480 e. The third kappa shape index (κ3) is 2.52. The number of rotatable bonds is 3. The molecule has 0 aliphatic heterocycles. The predicted molar refractivity (Wildman–Crippen MR) is 107 cm³/mol. The van der Waals surface area contributed by atoms with Crippen molar-refractivity contribution in [1.29, 1.82) is 0 Å². The lowest BCUT2D eigenvalue weighted by atomic mass is 10.1. The second-order valence-corrected chi connectivity index (χ2v) is 6.28. The summed E-state index contributed by atoms with van der Waals surface area (Å²) in [5, 5.41) is 5.69. The Balaban J connectivity index is 1.78. The molecule has 0 saturated heterocycles. The van der Waals surface area contributed by atoms with Crippen molar-refractivity contribution in [2.75, 3.05) is 7.11 Å². The van der Waals surface area contributed by atoms with Gasteiger partial charge in [0.1, 0.15) is 11.2 Å². The van der Waals surface area contributed by atoms with E-state index in [2.05, 4.69) is 20.1 Å². The number of nitrogens with zero attached hydrogens (tertiary/aromatic N) is 4.